The largest absolute Gasteiger partial charge is 0.323 e. The summed E-state index contributed by atoms with van der Waals surface area (Å²) in [5, 5.41) is 9.89. The standard InChI is InChI=1S/C13H15N5O2/c1-9(14)11-7-18(17-16-11)8-12(19)15-13(20)10-5-3-2-4-6-10/h2-7,9H,8,14H2,1H3,(H,15,19,20). The van der Waals surface area contributed by atoms with E-state index in [1.54, 1.807) is 43.5 Å². The average Bonchev–Trinajstić information content (AvgIpc) is 2.88. The molecule has 7 nitrogen and oxygen atoms in total. The number of nitrogens with two attached hydrogens (primary N) is 1. The number of benzene rings is 1. The number of hydrogen-bond donors (Lipinski definition) is 2. The number of nitrogens with one attached hydrogen (secondary N) is 1. The van der Waals surface area contributed by atoms with Crippen molar-refractivity contribution in [1.29, 1.82) is 0 Å². The van der Waals surface area contributed by atoms with E-state index in [0.29, 0.717) is 11.3 Å². The third-order valence-corrected chi connectivity index (χ3v) is 2.62. The molecule has 1 unspecified atom stereocenters. The third kappa shape index (κ3) is 3.48. The Hall–Kier alpha value is -2.54. The normalized spacial score (nSPS) is 11.9. The van der Waals surface area contributed by atoms with Gasteiger partial charge in [0, 0.05) is 11.6 Å². The smallest absolute Gasteiger partial charge is 0.257 e. The van der Waals surface area contributed by atoms with Gasteiger partial charge in [-0.05, 0) is 19.1 Å². The van der Waals surface area contributed by atoms with Crippen LogP contribution in [0.4, 0.5) is 0 Å². The van der Waals surface area contributed by atoms with E-state index in [1.807, 2.05) is 0 Å². The number of hydrogen-bond acceptors (Lipinski definition) is 5. The van der Waals surface area contributed by atoms with Gasteiger partial charge in [0.1, 0.15) is 6.54 Å². The monoisotopic (exact) mass is 273 g/mol. The Balaban J connectivity index is 1.93. The van der Waals surface area contributed by atoms with Crippen LogP contribution in [0.15, 0.2) is 36.5 Å². The van der Waals surface area contributed by atoms with E-state index < -0.39 is 11.8 Å². The highest BCUT2D eigenvalue weighted by Gasteiger charge is 2.12. The van der Waals surface area contributed by atoms with Gasteiger partial charge in [-0.25, -0.2) is 4.68 Å². The van der Waals surface area contributed by atoms with Crippen LogP contribution in [-0.2, 0) is 11.3 Å². The van der Waals surface area contributed by atoms with Gasteiger partial charge in [0.25, 0.3) is 5.91 Å². The van der Waals surface area contributed by atoms with Crippen molar-refractivity contribution in [2.45, 2.75) is 19.5 Å². The van der Waals surface area contributed by atoms with Crippen LogP contribution in [-0.4, -0.2) is 26.8 Å². The first kappa shape index (κ1) is 13.9. The maximum Gasteiger partial charge on any atom is 0.257 e. The van der Waals surface area contributed by atoms with Gasteiger partial charge in [-0.1, -0.05) is 23.4 Å². The van der Waals surface area contributed by atoms with Crippen molar-refractivity contribution in [2.75, 3.05) is 0 Å². The number of carbonyl (C=O) groups excluding carboxylic acids is 2. The lowest BCUT2D eigenvalue weighted by atomic mass is 10.2. The molecule has 104 valence electrons. The maximum atomic E-state index is 11.8. The number of carbonyl (C=O) groups is 2. The van der Waals surface area contributed by atoms with Crippen LogP contribution < -0.4 is 11.1 Å². The van der Waals surface area contributed by atoms with Gasteiger partial charge in [-0.2, -0.15) is 0 Å². The Kier molecular flexibility index (Phi) is 4.21. The highest BCUT2D eigenvalue weighted by molar-refractivity contribution is 6.04. The molecule has 0 fully saturated rings. The molecule has 0 saturated carbocycles. The fourth-order valence-corrected chi connectivity index (χ4v) is 1.57. The van der Waals surface area contributed by atoms with Gasteiger partial charge in [-0.3, -0.25) is 14.9 Å². The lowest BCUT2D eigenvalue weighted by Crippen LogP contribution is -2.33. The number of aromatic nitrogens is 3. The molecule has 0 aliphatic heterocycles. The van der Waals surface area contributed by atoms with E-state index in [1.165, 1.54) is 4.68 Å². The van der Waals surface area contributed by atoms with Crippen molar-refractivity contribution >= 4 is 11.8 Å². The van der Waals surface area contributed by atoms with Crippen molar-refractivity contribution < 1.29 is 9.59 Å². The van der Waals surface area contributed by atoms with Gasteiger partial charge < -0.3 is 5.73 Å². The lowest BCUT2D eigenvalue weighted by Gasteiger charge is -2.03. The molecule has 0 spiro atoms. The summed E-state index contributed by atoms with van der Waals surface area (Å²) in [4.78, 5) is 23.5. The molecular formula is C13H15N5O2. The highest BCUT2D eigenvalue weighted by Crippen LogP contribution is 2.03. The molecule has 0 saturated heterocycles. The fraction of sp³-hybridized carbons (Fsp3) is 0.231. The van der Waals surface area contributed by atoms with E-state index in [0.717, 1.165) is 0 Å². The molecular weight excluding hydrogens is 258 g/mol. The van der Waals surface area contributed by atoms with Crippen molar-refractivity contribution in [1.82, 2.24) is 20.3 Å². The molecule has 0 aliphatic carbocycles. The highest BCUT2D eigenvalue weighted by atomic mass is 16.2. The Bertz CT molecular complexity index is 606. The minimum atomic E-state index is -0.458. The quantitative estimate of drug-likeness (QED) is 0.831. The average molecular weight is 273 g/mol. The zero-order valence-corrected chi connectivity index (χ0v) is 11.0. The van der Waals surface area contributed by atoms with Gasteiger partial charge in [-0.15, -0.1) is 5.10 Å². The summed E-state index contributed by atoms with van der Waals surface area (Å²) in [6.45, 7) is 1.69. The Morgan fingerprint density at radius 1 is 1.35 bits per heavy atom. The number of nitrogens with zero attached hydrogens (tertiary/aromatic N) is 3. The second-order valence-corrected chi connectivity index (χ2v) is 4.37. The molecule has 20 heavy (non-hydrogen) atoms. The summed E-state index contributed by atoms with van der Waals surface area (Å²) in [7, 11) is 0. The van der Waals surface area contributed by atoms with Gasteiger partial charge in [0.2, 0.25) is 5.91 Å². The first-order chi connectivity index (χ1) is 9.56. The summed E-state index contributed by atoms with van der Waals surface area (Å²) >= 11 is 0. The van der Waals surface area contributed by atoms with Crippen LogP contribution >= 0.6 is 0 Å². The molecule has 0 bridgehead atoms. The van der Waals surface area contributed by atoms with Crippen LogP contribution in [0, 0.1) is 0 Å². The van der Waals surface area contributed by atoms with E-state index in [-0.39, 0.29) is 12.6 Å². The summed E-state index contributed by atoms with van der Waals surface area (Å²) < 4.78 is 1.34. The number of amides is 2. The first-order valence-corrected chi connectivity index (χ1v) is 6.11. The van der Waals surface area contributed by atoms with E-state index in [9.17, 15) is 9.59 Å². The first-order valence-electron chi connectivity index (χ1n) is 6.11. The van der Waals surface area contributed by atoms with E-state index in [2.05, 4.69) is 15.6 Å². The topological polar surface area (TPSA) is 103 Å². The Labute approximate surface area is 115 Å². The van der Waals surface area contributed by atoms with Crippen LogP contribution in [0.1, 0.15) is 29.0 Å². The predicted octanol–water partition coefficient (Wildman–Crippen LogP) is 0.254. The SMILES string of the molecule is CC(N)c1cn(CC(=O)NC(=O)c2ccccc2)nn1. The second kappa shape index (κ2) is 6.07. The van der Waals surface area contributed by atoms with Crippen LogP contribution in [0.3, 0.4) is 0 Å². The summed E-state index contributed by atoms with van der Waals surface area (Å²) in [5.74, 6) is -0.900. The summed E-state index contributed by atoms with van der Waals surface area (Å²) in [6, 6.07) is 8.26. The van der Waals surface area contributed by atoms with Gasteiger partial charge in [0.15, 0.2) is 0 Å². The molecule has 0 radical (unpaired) electrons. The van der Waals surface area contributed by atoms with Crippen LogP contribution in [0.25, 0.3) is 0 Å². The van der Waals surface area contributed by atoms with Crippen LogP contribution in [0.5, 0.6) is 0 Å². The number of rotatable bonds is 4. The molecule has 1 atom stereocenters. The maximum absolute atomic E-state index is 11.8. The number of imide groups is 1. The molecule has 2 aromatic rings. The fourth-order valence-electron chi connectivity index (χ4n) is 1.57. The molecule has 0 aliphatic rings. The predicted molar refractivity (Wildman–Crippen MR) is 71.5 cm³/mol. The van der Waals surface area contributed by atoms with E-state index in [4.69, 9.17) is 5.73 Å². The molecule has 2 amide bonds. The Morgan fingerprint density at radius 3 is 2.65 bits per heavy atom. The van der Waals surface area contributed by atoms with Crippen molar-refractivity contribution in [3.63, 3.8) is 0 Å². The van der Waals surface area contributed by atoms with Crippen LogP contribution in [0.2, 0.25) is 0 Å². The Morgan fingerprint density at radius 2 is 2.05 bits per heavy atom. The minimum Gasteiger partial charge on any atom is -0.323 e. The molecule has 1 aromatic heterocycles. The van der Waals surface area contributed by atoms with Crippen molar-refractivity contribution in [3.05, 3.63) is 47.8 Å². The van der Waals surface area contributed by atoms with Gasteiger partial charge >= 0.3 is 0 Å². The molecule has 7 heteroatoms. The second-order valence-electron chi connectivity index (χ2n) is 4.37. The zero-order chi connectivity index (χ0) is 14.5. The summed E-state index contributed by atoms with van der Waals surface area (Å²) in [5.41, 5.74) is 6.66. The molecule has 1 aromatic carbocycles. The molecule has 2 rings (SSSR count). The van der Waals surface area contributed by atoms with Gasteiger partial charge in [0.05, 0.1) is 11.9 Å². The lowest BCUT2D eigenvalue weighted by molar-refractivity contribution is -0.120. The minimum absolute atomic E-state index is 0.0850. The van der Waals surface area contributed by atoms with E-state index >= 15 is 0 Å². The third-order valence-electron chi connectivity index (χ3n) is 2.62. The zero-order valence-electron chi connectivity index (χ0n) is 11.0. The molecule has 3 N–H and O–H groups in total. The van der Waals surface area contributed by atoms with Crippen molar-refractivity contribution in [2.24, 2.45) is 5.73 Å². The summed E-state index contributed by atoms with van der Waals surface area (Å²) in [6.07, 6.45) is 1.58. The van der Waals surface area contributed by atoms with Crippen molar-refractivity contribution in [3.8, 4) is 0 Å². The molecule has 1 heterocycles.